The first-order valence-corrected chi connectivity index (χ1v) is 10.9. The zero-order valence-electron chi connectivity index (χ0n) is 18.0. The van der Waals surface area contributed by atoms with Crippen LogP contribution in [0.2, 0.25) is 5.02 Å². The highest BCUT2D eigenvalue weighted by molar-refractivity contribution is 6.31. The van der Waals surface area contributed by atoms with Gasteiger partial charge in [-0.25, -0.2) is 0 Å². The molecule has 2 aromatic rings. The highest BCUT2D eigenvalue weighted by Crippen LogP contribution is 2.49. The van der Waals surface area contributed by atoms with Gasteiger partial charge in [0, 0.05) is 34.3 Å². The molecule has 4 rings (SSSR count). The number of halogens is 1. The standard InChI is InChI=1S/C26H26ClNO3/c1-16-22(25(30)31-15-17-9-5-4-6-10-17)23(18-11-7-8-12-19(18)27)24-20(28-16)13-26(2,3)14-21(24)29/h4-12,22-23H,13-15H2,1-3H3/t22?,23-/m0/s1. The predicted octanol–water partition coefficient (Wildman–Crippen LogP) is 5.90. The lowest BCUT2D eigenvalue weighted by Crippen LogP contribution is -2.39. The average molecular weight is 436 g/mol. The van der Waals surface area contributed by atoms with Crippen molar-refractivity contribution in [1.29, 1.82) is 0 Å². The van der Waals surface area contributed by atoms with E-state index in [1.54, 1.807) is 6.07 Å². The van der Waals surface area contributed by atoms with Crippen LogP contribution in [0.15, 0.2) is 70.9 Å². The fourth-order valence-corrected chi connectivity index (χ4v) is 4.89. The second kappa shape index (κ2) is 8.43. The lowest BCUT2D eigenvalue weighted by Gasteiger charge is -2.39. The van der Waals surface area contributed by atoms with Crippen molar-refractivity contribution in [2.75, 3.05) is 0 Å². The van der Waals surface area contributed by atoms with Crippen LogP contribution in [0.5, 0.6) is 0 Å². The molecule has 0 aromatic heterocycles. The molecule has 0 N–H and O–H groups in total. The van der Waals surface area contributed by atoms with Gasteiger partial charge in [-0.1, -0.05) is 74.0 Å². The van der Waals surface area contributed by atoms with Crippen molar-refractivity contribution in [1.82, 2.24) is 0 Å². The van der Waals surface area contributed by atoms with Gasteiger partial charge in [-0.2, -0.15) is 0 Å². The molecule has 4 nitrogen and oxygen atoms in total. The number of ether oxygens (including phenoxy) is 1. The van der Waals surface area contributed by atoms with E-state index in [1.165, 1.54) is 0 Å². The van der Waals surface area contributed by atoms with Crippen LogP contribution in [0, 0.1) is 11.3 Å². The summed E-state index contributed by atoms with van der Waals surface area (Å²) in [5, 5.41) is 0.535. The number of rotatable bonds is 4. The van der Waals surface area contributed by atoms with E-state index in [0.717, 1.165) is 16.8 Å². The van der Waals surface area contributed by atoms with Crippen LogP contribution >= 0.6 is 11.6 Å². The summed E-state index contributed by atoms with van der Waals surface area (Å²) in [5.41, 5.74) is 3.56. The number of allylic oxidation sites excluding steroid dienone is 2. The lowest BCUT2D eigenvalue weighted by molar-refractivity contribution is -0.148. The first kappa shape index (κ1) is 21.5. The molecule has 1 aliphatic carbocycles. The van der Waals surface area contributed by atoms with E-state index in [1.807, 2.05) is 55.5 Å². The third kappa shape index (κ3) is 4.35. The van der Waals surface area contributed by atoms with E-state index in [2.05, 4.69) is 13.8 Å². The van der Waals surface area contributed by atoms with Crippen molar-refractivity contribution in [3.8, 4) is 0 Å². The fourth-order valence-electron chi connectivity index (χ4n) is 4.63. The Labute approximate surface area is 188 Å². The first-order chi connectivity index (χ1) is 14.8. The second-order valence-corrected chi connectivity index (χ2v) is 9.53. The number of aliphatic imine (C=N–C) groups is 1. The van der Waals surface area contributed by atoms with Crippen molar-refractivity contribution < 1.29 is 14.3 Å². The minimum absolute atomic E-state index is 0.0354. The van der Waals surface area contributed by atoms with Crippen LogP contribution < -0.4 is 0 Å². The molecular weight excluding hydrogens is 410 g/mol. The van der Waals surface area contributed by atoms with E-state index in [9.17, 15) is 9.59 Å². The van der Waals surface area contributed by atoms with Crippen LogP contribution in [0.4, 0.5) is 0 Å². The molecule has 2 aromatic carbocycles. The Bertz CT molecular complexity index is 1080. The zero-order valence-corrected chi connectivity index (χ0v) is 18.8. The molecule has 0 bridgehead atoms. The first-order valence-electron chi connectivity index (χ1n) is 10.5. The minimum Gasteiger partial charge on any atom is -0.460 e. The molecule has 0 fully saturated rings. The van der Waals surface area contributed by atoms with Crippen LogP contribution in [0.3, 0.4) is 0 Å². The summed E-state index contributed by atoms with van der Waals surface area (Å²) in [7, 11) is 0. The molecule has 0 spiro atoms. The number of Topliss-reactive ketones (excluding diaryl/α,β-unsaturated/α-hetero) is 1. The van der Waals surface area contributed by atoms with E-state index in [-0.39, 0.29) is 23.8 Å². The number of ketones is 1. The van der Waals surface area contributed by atoms with Crippen LogP contribution in [-0.4, -0.2) is 17.5 Å². The minimum atomic E-state index is -0.687. The Morgan fingerprint density at radius 3 is 2.48 bits per heavy atom. The third-order valence-corrected chi connectivity index (χ3v) is 6.36. The van der Waals surface area contributed by atoms with E-state index < -0.39 is 11.8 Å². The summed E-state index contributed by atoms with van der Waals surface area (Å²) in [6.45, 7) is 6.16. The van der Waals surface area contributed by atoms with Gasteiger partial charge in [0.1, 0.15) is 12.5 Å². The molecule has 0 amide bonds. The van der Waals surface area contributed by atoms with Gasteiger partial charge >= 0.3 is 5.97 Å². The fraction of sp³-hybridized carbons (Fsp3) is 0.346. The Hall–Kier alpha value is -2.72. The summed E-state index contributed by atoms with van der Waals surface area (Å²) in [4.78, 5) is 31.3. The van der Waals surface area contributed by atoms with Gasteiger partial charge < -0.3 is 4.74 Å². The normalized spacial score (nSPS) is 22.6. The van der Waals surface area contributed by atoms with E-state index >= 15 is 0 Å². The van der Waals surface area contributed by atoms with E-state index in [4.69, 9.17) is 21.3 Å². The topological polar surface area (TPSA) is 55.7 Å². The van der Waals surface area contributed by atoms with Crippen molar-refractivity contribution >= 4 is 29.1 Å². The highest BCUT2D eigenvalue weighted by Gasteiger charge is 2.46. The smallest absolute Gasteiger partial charge is 0.315 e. The number of carbonyl (C=O) groups excluding carboxylic acids is 2. The van der Waals surface area contributed by atoms with E-state index in [0.29, 0.717) is 29.1 Å². The maximum absolute atomic E-state index is 13.3. The zero-order chi connectivity index (χ0) is 22.2. The molecule has 5 heteroatoms. The number of hydrogen-bond donors (Lipinski definition) is 0. The monoisotopic (exact) mass is 435 g/mol. The predicted molar refractivity (Wildman–Crippen MR) is 122 cm³/mol. The molecule has 0 saturated heterocycles. The maximum Gasteiger partial charge on any atom is 0.315 e. The molecule has 2 aliphatic rings. The Morgan fingerprint density at radius 2 is 1.77 bits per heavy atom. The van der Waals surface area contributed by atoms with Gasteiger partial charge in [-0.3, -0.25) is 14.6 Å². The molecule has 160 valence electrons. The van der Waals surface area contributed by atoms with Crippen LogP contribution in [-0.2, 0) is 20.9 Å². The van der Waals surface area contributed by atoms with Gasteiger partial charge in [0.25, 0.3) is 0 Å². The van der Waals surface area contributed by atoms with Crippen molar-refractivity contribution in [2.24, 2.45) is 16.3 Å². The number of esters is 1. The SMILES string of the molecule is CC1=NC2=C(C(=O)CC(C)(C)C2)[C@@H](c2ccccc2Cl)C1C(=O)OCc1ccccc1. The van der Waals surface area contributed by atoms with Gasteiger partial charge in [0.15, 0.2) is 5.78 Å². The molecule has 2 atom stereocenters. The quantitative estimate of drug-likeness (QED) is 0.561. The summed E-state index contributed by atoms with van der Waals surface area (Å²) in [6, 6.07) is 17.0. The molecule has 0 saturated carbocycles. The summed E-state index contributed by atoms with van der Waals surface area (Å²) >= 11 is 6.56. The summed E-state index contributed by atoms with van der Waals surface area (Å²) in [6.07, 6.45) is 1.12. The number of carbonyl (C=O) groups is 2. The van der Waals surface area contributed by atoms with Crippen molar-refractivity contribution in [2.45, 2.75) is 46.1 Å². The van der Waals surface area contributed by atoms with Gasteiger partial charge in [0.05, 0.1) is 0 Å². The Balaban J connectivity index is 1.75. The molecule has 1 unspecified atom stereocenters. The number of hydrogen-bond acceptors (Lipinski definition) is 4. The summed E-state index contributed by atoms with van der Waals surface area (Å²) < 4.78 is 5.69. The molecule has 1 heterocycles. The van der Waals surface area contributed by atoms with Crippen LogP contribution in [0.25, 0.3) is 0 Å². The average Bonchev–Trinajstić information content (AvgIpc) is 2.71. The third-order valence-electron chi connectivity index (χ3n) is 6.02. The molecule has 31 heavy (non-hydrogen) atoms. The van der Waals surface area contributed by atoms with Gasteiger partial charge in [-0.05, 0) is 36.0 Å². The molecule has 0 radical (unpaired) electrons. The lowest BCUT2D eigenvalue weighted by atomic mass is 9.67. The Kier molecular flexibility index (Phi) is 5.85. The summed E-state index contributed by atoms with van der Waals surface area (Å²) in [5.74, 6) is -1.53. The van der Waals surface area contributed by atoms with Gasteiger partial charge in [-0.15, -0.1) is 0 Å². The molecule has 1 aliphatic heterocycles. The van der Waals surface area contributed by atoms with Crippen LogP contribution in [0.1, 0.15) is 50.7 Å². The van der Waals surface area contributed by atoms with Gasteiger partial charge in [0.2, 0.25) is 0 Å². The molecular formula is C26H26ClNO3. The van der Waals surface area contributed by atoms with Crippen molar-refractivity contribution in [3.63, 3.8) is 0 Å². The second-order valence-electron chi connectivity index (χ2n) is 9.12. The largest absolute Gasteiger partial charge is 0.460 e. The maximum atomic E-state index is 13.3. The number of benzene rings is 2. The highest BCUT2D eigenvalue weighted by atomic mass is 35.5. The van der Waals surface area contributed by atoms with Crippen molar-refractivity contribution in [3.05, 3.63) is 82.0 Å². The number of nitrogens with zero attached hydrogens (tertiary/aromatic N) is 1. The Morgan fingerprint density at radius 1 is 1.10 bits per heavy atom.